The molecule has 0 aliphatic heterocycles. The fraction of sp³-hybridized carbons (Fsp3) is 0.217. The minimum absolute atomic E-state index is 0.288. The Morgan fingerprint density at radius 3 is 3.03 bits per heavy atom. The van der Waals surface area contributed by atoms with Crippen LogP contribution in [0.3, 0.4) is 0 Å². The maximum atomic E-state index is 12.3. The van der Waals surface area contributed by atoms with E-state index in [-0.39, 0.29) is 12.0 Å². The van der Waals surface area contributed by atoms with Crippen LogP contribution in [0.2, 0.25) is 0 Å². The van der Waals surface area contributed by atoms with E-state index in [0.717, 1.165) is 16.0 Å². The summed E-state index contributed by atoms with van der Waals surface area (Å²) in [7, 11) is 0. The van der Waals surface area contributed by atoms with Crippen LogP contribution in [-0.2, 0) is 28.9 Å². The lowest BCUT2D eigenvalue weighted by Crippen LogP contribution is -2.31. The zero-order valence-corrected chi connectivity index (χ0v) is 17.9. The van der Waals surface area contributed by atoms with Gasteiger partial charge in [-0.05, 0) is 48.2 Å². The number of hydrogen-bond acceptors (Lipinski definition) is 7. The molecule has 1 aliphatic rings. The third kappa shape index (κ3) is 5.22. The van der Waals surface area contributed by atoms with E-state index >= 15 is 0 Å². The van der Waals surface area contributed by atoms with Crippen molar-refractivity contribution in [3.63, 3.8) is 0 Å². The molecular weight excluding hydrogens is 428 g/mol. The van der Waals surface area contributed by atoms with Crippen molar-refractivity contribution in [3.8, 4) is 6.07 Å². The number of pyridine rings is 1. The van der Waals surface area contributed by atoms with Crippen LogP contribution in [0.1, 0.15) is 33.7 Å². The monoisotopic (exact) mass is 448 g/mol. The van der Waals surface area contributed by atoms with Gasteiger partial charge in [-0.15, -0.1) is 11.3 Å². The number of rotatable bonds is 6. The van der Waals surface area contributed by atoms with E-state index in [9.17, 15) is 14.9 Å². The minimum Gasteiger partial charge on any atom is -0.465 e. The van der Waals surface area contributed by atoms with Crippen LogP contribution < -0.4 is 10.6 Å². The summed E-state index contributed by atoms with van der Waals surface area (Å²) in [5, 5.41) is 15.6. The molecule has 0 saturated carbocycles. The molecule has 0 saturated heterocycles. The molecule has 8 nitrogen and oxygen atoms in total. The number of aromatic nitrogens is 1. The van der Waals surface area contributed by atoms with E-state index < -0.39 is 6.09 Å². The molecule has 0 spiro atoms. The first-order valence-electron chi connectivity index (χ1n) is 10.0. The highest BCUT2D eigenvalue weighted by atomic mass is 32.1. The van der Waals surface area contributed by atoms with E-state index in [1.165, 1.54) is 23.7 Å². The number of nitriles is 1. The second kappa shape index (κ2) is 9.94. The fourth-order valence-corrected chi connectivity index (χ4v) is 4.70. The molecule has 9 heteroatoms. The van der Waals surface area contributed by atoms with Crippen LogP contribution in [-0.4, -0.2) is 23.1 Å². The molecule has 1 unspecified atom stereocenters. The van der Waals surface area contributed by atoms with E-state index in [2.05, 4.69) is 21.7 Å². The summed E-state index contributed by atoms with van der Waals surface area (Å²) in [4.78, 5) is 29.4. The van der Waals surface area contributed by atoms with Crippen molar-refractivity contribution in [2.45, 2.75) is 31.9 Å². The Hall–Kier alpha value is -3.90. The number of amides is 2. The molecule has 0 bridgehead atoms. The Morgan fingerprint density at radius 1 is 1.38 bits per heavy atom. The molecule has 3 aromatic heterocycles. The van der Waals surface area contributed by atoms with Crippen molar-refractivity contribution in [3.05, 3.63) is 76.3 Å². The van der Waals surface area contributed by atoms with Gasteiger partial charge in [0, 0.05) is 36.3 Å². The van der Waals surface area contributed by atoms with Crippen LogP contribution in [0, 0.1) is 11.3 Å². The van der Waals surface area contributed by atoms with E-state index in [1.54, 1.807) is 36.7 Å². The Balaban J connectivity index is 1.36. The third-order valence-corrected chi connectivity index (χ3v) is 6.11. The van der Waals surface area contributed by atoms with Gasteiger partial charge in [0.2, 0.25) is 5.91 Å². The first kappa shape index (κ1) is 21.3. The molecule has 4 rings (SSSR count). The van der Waals surface area contributed by atoms with Gasteiger partial charge in [-0.2, -0.15) is 5.26 Å². The molecular formula is C23H20N4O4S. The lowest BCUT2D eigenvalue weighted by molar-refractivity contribution is -0.111. The van der Waals surface area contributed by atoms with Crippen molar-refractivity contribution >= 4 is 34.4 Å². The van der Waals surface area contributed by atoms with Gasteiger partial charge >= 0.3 is 6.09 Å². The number of fused-ring (bicyclic) bond motifs is 1. The molecule has 0 radical (unpaired) electrons. The Labute approximate surface area is 188 Å². The summed E-state index contributed by atoms with van der Waals surface area (Å²) in [6.45, 7) is 0.337. The second-order valence-corrected chi connectivity index (χ2v) is 8.25. The third-order valence-electron chi connectivity index (χ3n) is 4.94. The number of furan rings is 1. The van der Waals surface area contributed by atoms with Crippen molar-refractivity contribution in [1.82, 2.24) is 10.3 Å². The van der Waals surface area contributed by atoms with Crippen LogP contribution in [0.25, 0.3) is 6.08 Å². The van der Waals surface area contributed by atoms with Crippen LogP contribution >= 0.6 is 11.3 Å². The molecule has 162 valence electrons. The second-order valence-electron chi connectivity index (χ2n) is 7.14. The highest BCUT2D eigenvalue weighted by molar-refractivity contribution is 7.16. The first-order chi connectivity index (χ1) is 15.6. The number of alkyl carbamates (subject to hydrolysis) is 1. The molecule has 1 atom stereocenters. The maximum absolute atomic E-state index is 12.3. The number of hydrogen-bond donors (Lipinski definition) is 2. The smallest absolute Gasteiger partial charge is 0.407 e. The van der Waals surface area contributed by atoms with E-state index in [1.807, 2.05) is 6.07 Å². The van der Waals surface area contributed by atoms with Crippen molar-refractivity contribution < 1.29 is 18.7 Å². The predicted molar refractivity (Wildman–Crippen MR) is 119 cm³/mol. The molecule has 2 N–H and O–H groups in total. The molecule has 1 aliphatic carbocycles. The summed E-state index contributed by atoms with van der Waals surface area (Å²) < 4.78 is 10.7. The molecule has 0 fully saturated rings. The van der Waals surface area contributed by atoms with Gasteiger partial charge in [-0.1, -0.05) is 6.07 Å². The molecule has 3 heterocycles. The summed E-state index contributed by atoms with van der Waals surface area (Å²) in [6, 6.07) is 9.34. The van der Waals surface area contributed by atoms with Crippen LogP contribution in [0.4, 0.5) is 9.80 Å². The van der Waals surface area contributed by atoms with Crippen LogP contribution in [0.15, 0.2) is 53.4 Å². The number of nitrogens with one attached hydrogen (secondary N) is 2. The lowest BCUT2D eigenvalue weighted by atomic mass is 9.94. The lowest BCUT2D eigenvalue weighted by Gasteiger charge is -2.22. The largest absolute Gasteiger partial charge is 0.465 e. The summed E-state index contributed by atoms with van der Waals surface area (Å²) >= 11 is 1.35. The SMILES string of the molecule is N#Cc1c(NC(=O)/C=C/c2ccco2)sc2c1CCC(OC(=O)NCc1cccnc1)C2. The van der Waals surface area contributed by atoms with Gasteiger partial charge in [0.15, 0.2) is 0 Å². The van der Waals surface area contributed by atoms with Gasteiger partial charge in [0.1, 0.15) is 22.9 Å². The highest BCUT2D eigenvalue weighted by Gasteiger charge is 2.28. The number of nitrogens with zero attached hydrogens (tertiary/aromatic N) is 2. The van der Waals surface area contributed by atoms with Crippen LogP contribution in [0.5, 0.6) is 0 Å². The topological polar surface area (TPSA) is 117 Å². The van der Waals surface area contributed by atoms with E-state index in [4.69, 9.17) is 9.15 Å². The normalized spacial score (nSPS) is 15.0. The van der Waals surface area contributed by atoms with Crippen molar-refractivity contribution in [1.29, 1.82) is 5.26 Å². The summed E-state index contributed by atoms with van der Waals surface area (Å²) in [6.07, 6.45) is 8.74. The van der Waals surface area contributed by atoms with Gasteiger partial charge in [-0.3, -0.25) is 9.78 Å². The molecule has 32 heavy (non-hydrogen) atoms. The zero-order chi connectivity index (χ0) is 22.3. The fourth-order valence-electron chi connectivity index (χ4n) is 3.43. The van der Waals surface area contributed by atoms with Crippen molar-refractivity contribution in [2.75, 3.05) is 5.32 Å². The number of carbonyl (C=O) groups excluding carboxylic acids is 2. The quantitative estimate of drug-likeness (QED) is 0.550. The number of ether oxygens (including phenoxy) is 1. The van der Waals surface area contributed by atoms with Gasteiger partial charge < -0.3 is 19.8 Å². The average Bonchev–Trinajstić information content (AvgIpc) is 3.44. The van der Waals surface area contributed by atoms with Gasteiger partial charge in [-0.25, -0.2) is 4.79 Å². The number of thiophene rings is 1. The number of anilines is 1. The first-order valence-corrected chi connectivity index (χ1v) is 10.8. The predicted octanol–water partition coefficient (Wildman–Crippen LogP) is 4.04. The Kier molecular flexibility index (Phi) is 6.63. The van der Waals surface area contributed by atoms with Crippen molar-refractivity contribution in [2.24, 2.45) is 0 Å². The molecule has 0 aromatic carbocycles. The number of carbonyl (C=O) groups is 2. The zero-order valence-electron chi connectivity index (χ0n) is 17.0. The molecule has 3 aromatic rings. The van der Waals surface area contributed by atoms with Gasteiger partial charge in [0.25, 0.3) is 0 Å². The highest BCUT2D eigenvalue weighted by Crippen LogP contribution is 2.38. The summed E-state index contributed by atoms with van der Waals surface area (Å²) in [5.74, 6) is 0.215. The average molecular weight is 449 g/mol. The van der Waals surface area contributed by atoms with Gasteiger partial charge in [0.05, 0.1) is 11.8 Å². The molecule has 2 amide bonds. The minimum atomic E-state index is -0.490. The van der Waals surface area contributed by atoms with E-state index in [0.29, 0.717) is 42.1 Å². The Bertz CT molecular complexity index is 1160. The Morgan fingerprint density at radius 2 is 2.28 bits per heavy atom. The standard InChI is InChI=1S/C23H20N4O4S/c24-12-19-18-7-5-17(31-23(29)26-14-15-3-1-9-25-13-15)11-20(18)32-22(19)27-21(28)8-6-16-4-2-10-30-16/h1-4,6,8-10,13,17H,5,7,11,14H2,(H,26,29)(H,27,28)/b8-6+. The maximum Gasteiger partial charge on any atom is 0.407 e. The summed E-state index contributed by atoms with van der Waals surface area (Å²) in [5.41, 5.74) is 2.27.